The molecule has 0 radical (unpaired) electrons. The lowest BCUT2D eigenvalue weighted by Crippen LogP contribution is -2.06. The molecule has 0 aliphatic rings. The lowest BCUT2D eigenvalue weighted by Gasteiger charge is -2.11. The highest BCUT2D eigenvalue weighted by atomic mass is 79.9. The van der Waals surface area contributed by atoms with E-state index in [1.165, 1.54) is 11.1 Å². The maximum absolute atomic E-state index is 6.11. The van der Waals surface area contributed by atoms with Crippen molar-refractivity contribution in [2.45, 2.75) is 13.5 Å². The molecule has 0 saturated carbocycles. The van der Waals surface area contributed by atoms with Gasteiger partial charge in [0.2, 0.25) is 0 Å². The van der Waals surface area contributed by atoms with E-state index in [4.69, 9.17) is 16.3 Å². The van der Waals surface area contributed by atoms with Crippen LogP contribution in [-0.2, 0) is 6.54 Å². The zero-order valence-electron chi connectivity index (χ0n) is 10.8. The summed E-state index contributed by atoms with van der Waals surface area (Å²) in [6.45, 7) is 2.92. The fourth-order valence-electron chi connectivity index (χ4n) is 1.80. The quantitative estimate of drug-likeness (QED) is 0.852. The number of ether oxygens (including phenoxy) is 1. The zero-order valence-corrected chi connectivity index (χ0v) is 13.2. The van der Waals surface area contributed by atoms with Gasteiger partial charge in [0.05, 0.1) is 5.02 Å². The molecule has 0 bridgehead atoms. The van der Waals surface area contributed by atoms with E-state index in [-0.39, 0.29) is 0 Å². The molecule has 0 amide bonds. The number of rotatable bonds is 4. The average molecular weight is 341 g/mol. The molecule has 2 nitrogen and oxygen atoms in total. The third-order valence-electron chi connectivity index (χ3n) is 2.80. The molecule has 2 aromatic rings. The molecule has 2 aromatic carbocycles. The number of hydrogen-bond acceptors (Lipinski definition) is 2. The summed E-state index contributed by atoms with van der Waals surface area (Å²) in [5.41, 5.74) is 2.45. The van der Waals surface area contributed by atoms with E-state index in [1.54, 1.807) is 0 Å². The van der Waals surface area contributed by atoms with Gasteiger partial charge in [0.15, 0.2) is 0 Å². The largest absolute Gasteiger partial charge is 0.456 e. The van der Waals surface area contributed by atoms with Gasteiger partial charge < -0.3 is 10.1 Å². The first-order valence-electron chi connectivity index (χ1n) is 5.97. The molecule has 0 aliphatic heterocycles. The van der Waals surface area contributed by atoms with E-state index in [2.05, 4.69) is 34.2 Å². The van der Waals surface area contributed by atoms with Gasteiger partial charge in [0.1, 0.15) is 11.5 Å². The second kappa shape index (κ2) is 6.42. The second-order valence-corrected chi connectivity index (χ2v) is 5.62. The number of benzene rings is 2. The van der Waals surface area contributed by atoms with Gasteiger partial charge in [-0.15, -0.1) is 0 Å². The van der Waals surface area contributed by atoms with Crippen molar-refractivity contribution in [1.82, 2.24) is 5.32 Å². The van der Waals surface area contributed by atoms with Crippen LogP contribution in [0.5, 0.6) is 11.5 Å². The van der Waals surface area contributed by atoms with E-state index in [9.17, 15) is 0 Å². The second-order valence-electron chi connectivity index (χ2n) is 4.30. The van der Waals surface area contributed by atoms with Crippen molar-refractivity contribution < 1.29 is 4.74 Å². The van der Waals surface area contributed by atoms with Crippen LogP contribution in [0.4, 0.5) is 0 Å². The van der Waals surface area contributed by atoms with Gasteiger partial charge >= 0.3 is 0 Å². The topological polar surface area (TPSA) is 21.3 Å². The Balaban J connectivity index is 2.24. The van der Waals surface area contributed by atoms with E-state index in [0.717, 1.165) is 16.8 Å². The molecule has 0 aromatic heterocycles. The molecule has 19 heavy (non-hydrogen) atoms. The normalized spacial score (nSPS) is 10.5. The smallest absolute Gasteiger partial charge is 0.147 e. The van der Waals surface area contributed by atoms with E-state index in [1.807, 2.05) is 37.4 Å². The molecule has 0 atom stereocenters. The van der Waals surface area contributed by atoms with Crippen LogP contribution in [0.2, 0.25) is 5.02 Å². The highest BCUT2D eigenvalue weighted by molar-refractivity contribution is 9.10. The monoisotopic (exact) mass is 339 g/mol. The highest BCUT2D eigenvalue weighted by Crippen LogP contribution is 2.32. The van der Waals surface area contributed by atoms with Crippen LogP contribution in [0.3, 0.4) is 0 Å². The van der Waals surface area contributed by atoms with Crippen molar-refractivity contribution in [2.24, 2.45) is 0 Å². The van der Waals surface area contributed by atoms with Crippen LogP contribution in [0.1, 0.15) is 11.1 Å². The summed E-state index contributed by atoms with van der Waals surface area (Å²) in [7, 11) is 1.94. The number of hydrogen-bond donors (Lipinski definition) is 1. The first kappa shape index (κ1) is 14.4. The van der Waals surface area contributed by atoms with Gasteiger partial charge in [-0.25, -0.2) is 0 Å². The molecule has 0 heterocycles. The van der Waals surface area contributed by atoms with E-state index in [0.29, 0.717) is 10.8 Å². The standard InChI is InChI=1S/C15H15BrClNO/c1-10-7-13(5-3-11(10)9-18-2)19-15-8-12(16)4-6-14(15)17/h3-8,18H,9H2,1-2H3. The molecular weight excluding hydrogens is 326 g/mol. The average Bonchev–Trinajstić information content (AvgIpc) is 2.37. The summed E-state index contributed by atoms with van der Waals surface area (Å²) in [4.78, 5) is 0. The van der Waals surface area contributed by atoms with Gasteiger partial charge in [-0.3, -0.25) is 0 Å². The Morgan fingerprint density at radius 2 is 2.00 bits per heavy atom. The minimum absolute atomic E-state index is 0.597. The summed E-state index contributed by atoms with van der Waals surface area (Å²) in [5.74, 6) is 1.44. The third kappa shape index (κ3) is 3.72. The van der Waals surface area contributed by atoms with Crippen LogP contribution in [0, 0.1) is 6.92 Å². The van der Waals surface area contributed by atoms with Gasteiger partial charge in [-0.05, 0) is 55.4 Å². The Morgan fingerprint density at radius 3 is 2.68 bits per heavy atom. The first-order valence-corrected chi connectivity index (χ1v) is 7.14. The van der Waals surface area contributed by atoms with Gasteiger partial charge in [0.25, 0.3) is 0 Å². The van der Waals surface area contributed by atoms with Crippen LogP contribution < -0.4 is 10.1 Å². The maximum Gasteiger partial charge on any atom is 0.147 e. The molecule has 2 rings (SSSR count). The zero-order chi connectivity index (χ0) is 13.8. The van der Waals surface area contributed by atoms with Crippen molar-refractivity contribution in [3.05, 3.63) is 57.0 Å². The Bertz CT molecular complexity index is 586. The van der Waals surface area contributed by atoms with E-state index >= 15 is 0 Å². The Morgan fingerprint density at radius 1 is 1.21 bits per heavy atom. The fourth-order valence-corrected chi connectivity index (χ4v) is 2.30. The van der Waals surface area contributed by atoms with Crippen molar-refractivity contribution in [3.8, 4) is 11.5 Å². The van der Waals surface area contributed by atoms with Crippen LogP contribution in [-0.4, -0.2) is 7.05 Å². The molecule has 100 valence electrons. The summed E-state index contributed by atoms with van der Waals surface area (Å²) < 4.78 is 6.76. The molecular formula is C15H15BrClNO. The van der Waals surface area contributed by atoms with E-state index < -0.39 is 0 Å². The molecule has 0 fully saturated rings. The van der Waals surface area contributed by atoms with Gasteiger partial charge in [-0.1, -0.05) is 33.6 Å². The molecule has 0 spiro atoms. The predicted octanol–water partition coefficient (Wildman–Crippen LogP) is 4.92. The summed E-state index contributed by atoms with van der Waals surface area (Å²) >= 11 is 9.52. The van der Waals surface area contributed by atoms with Crippen molar-refractivity contribution in [3.63, 3.8) is 0 Å². The molecule has 0 unspecified atom stereocenters. The van der Waals surface area contributed by atoms with Crippen molar-refractivity contribution >= 4 is 27.5 Å². The SMILES string of the molecule is CNCc1ccc(Oc2cc(Br)ccc2Cl)cc1C. The fraction of sp³-hybridized carbons (Fsp3) is 0.200. The number of nitrogens with one attached hydrogen (secondary N) is 1. The van der Waals surface area contributed by atoms with Crippen molar-refractivity contribution in [2.75, 3.05) is 7.05 Å². The third-order valence-corrected chi connectivity index (χ3v) is 3.61. The predicted molar refractivity (Wildman–Crippen MR) is 83.2 cm³/mol. The molecule has 0 saturated heterocycles. The number of halogens is 2. The highest BCUT2D eigenvalue weighted by Gasteiger charge is 2.05. The Labute approximate surface area is 126 Å². The lowest BCUT2D eigenvalue weighted by atomic mass is 10.1. The Hall–Kier alpha value is -1.03. The summed E-state index contributed by atoms with van der Waals surface area (Å²) in [6.07, 6.45) is 0. The number of aryl methyl sites for hydroxylation is 1. The minimum Gasteiger partial charge on any atom is -0.456 e. The Kier molecular flexibility index (Phi) is 4.86. The van der Waals surface area contributed by atoms with Crippen LogP contribution in [0.15, 0.2) is 40.9 Å². The minimum atomic E-state index is 0.597. The molecule has 1 N–H and O–H groups in total. The molecule has 4 heteroatoms. The maximum atomic E-state index is 6.11. The first-order chi connectivity index (χ1) is 9.10. The lowest BCUT2D eigenvalue weighted by molar-refractivity contribution is 0.482. The summed E-state index contributed by atoms with van der Waals surface area (Å²) in [5, 5.41) is 3.74. The van der Waals surface area contributed by atoms with Crippen LogP contribution in [0.25, 0.3) is 0 Å². The van der Waals surface area contributed by atoms with Gasteiger partial charge in [0, 0.05) is 11.0 Å². The van der Waals surface area contributed by atoms with Gasteiger partial charge in [-0.2, -0.15) is 0 Å². The summed E-state index contributed by atoms with van der Waals surface area (Å²) in [6, 6.07) is 11.6. The van der Waals surface area contributed by atoms with Crippen molar-refractivity contribution in [1.29, 1.82) is 0 Å². The van der Waals surface area contributed by atoms with Crippen LogP contribution >= 0.6 is 27.5 Å². The molecule has 0 aliphatic carbocycles.